The molecule has 4 aromatic heterocycles. The first kappa shape index (κ1) is 38.6. The second kappa shape index (κ2) is 13.8. The van der Waals surface area contributed by atoms with E-state index in [2.05, 4.69) is 254 Å². The van der Waals surface area contributed by atoms with E-state index in [0.717, 1.165) is 34.1 Å². The maximum atomic E-state index is 2.56. The fourth-order valence-corrected chi connectivity index (χ4v) is 10.9. The Morgan fingerprint density at radius 3 is 0.848 bits per heavy atom. The summed E-state index contributed by atoms with van der Waals surface area (Å²) >= 11 is 0. The zero-order chi connectivity index (χ0) is 44.6. The van der Waals surface area contributed by atoms with Crippen LogP contribution in [0.3, 0.4) is 0 Å². The van der Waals surface area contributed by atoms with E-state index in [1.807, 2.05) is 0 Å². The highest BCUT2D eigenvalue weighted by atomic mass is 15.1. The third-order valence-corrected chi connectivity index (χ3v) is 14.2. The number of nitrogens with zero attached hydrogens (tertiary/aromatic N) is 4. The SMILES string of the molecule is CC(C)(C)c1ccc2c(c1)c1cc(N(c3ccccc3)c3ccccc3)cc3c4cc5c(cc4n2c13)c1cc(N(c2ccccc2)c2ccccc2)cc2c3cc(C(C)(C)C)ccc3n5c21. The highest BCUT2D eigenvalue weighted by Crippen LogP contribution is 2.50. The lowest BCUT2D eigenvalue weighted by atomic mass is 9.86. The molecule has 0 N–H and O–H groups in total. The Labute approximate surface area is 384 Å². The quantitative estimate of drug-likeness (QED) is 0.166. The first-order chi connectivity index (χ1) is 32.0. The number of aromatic nitrogens is 2. The Balaban J connectivity index is 1.18. The van der Waals surface area contributed by atoms with E-state index >= 15 is 0 Å². The van der Waals surface area contributed by atoms with Crippen molar-refractivity contribution >= 4 is 110 Å². The summed E-state index contributed by atoms with van der Waals surface area (Å²) in [7, 11) is 0. The normalized spacial score (nSPS) is 12.7. The smallest absolute Gasteiger partial charge is 0.0622 e. The van der Waals surface area contributed by atoms with Crippen molar-refractivity contribution in [2.75, 3.05) is 9.80 Å². The third kappa shape index (κ3) is 5.64. The van der Waals surface area contributed by atoms with Gasteiger partial charge in [-0.3, -0.25) is 0 Å². The average Bonchev–Trinajstić information content (AvgIpc) is 4.04. The fraction of sp³-hybridized carbons (Fsp3) is 0.129. The van der Waals surface area contributed by atoms with Crippen LogP contribution < -0.4 is 9.80 Å². The Hall–Kier alpha value is -7.82. The molecule has 0 bridgehead atoms. The largest absolute Gasteiger partial charge is 0.310 e. The van der Waals surface area contributed by atoms with Crippen molar-refractivity contribution in [3.63, 3.8) is 0 Å². The van der Waals surface area contributed by atoms with Crippen LogP contribution in [0, 0.1) is 0 Å². The molecule has 4 heteroatoms. The fourth-order valence-electron chi connectivity index (χ4n) is 10.9. The first-order valence-corrected chi connectivity index (χ1v) is 23.3. The van der Waals surface area contributed by atoms with Crippen LogP contribution in [-0.2, 0) is 10.8 Å². The van der Waals surface area contributed by atoms with Gasteiger partial charge in [0, 0.05) is 77.2 Å². The lowest BCUT2D eigenvalue weighted by molar-refractivity contribution is 0.591. The molecule has 13 rings (SSSR count). The molecular weight excluding hydrogens is 801 g/mol. The maximum Gasteiger partial charge on any atom is 0.0622 e. The summed E-state index contributed by atoms with van der Waals surface area (Å²) in [4.78, 5) is 4.83. The molecule has 66 heavy (non-hydrogen) atoms. The molecule has 0 atom stereocenters. The molecule has 0 saturated carbocycles. The average molecular weight is 851 g/mol. The maximum absolute atomic E-state index is 2.56. The molecule has 0 aliphatic rings. The standard InChI is InChI=1S/C62H50N4/c1-61(2,3)39-27-29-55-47(31-39)51-33-45(63(41-19-11-7-12-20-41)42-21-13-8-14-22-42)35-53-49-38-58-50(37-57(49)65(55)59(51)53)54-36-46(64(43-23-15-9-16-24-43)44-25-17-10-18-26-44)34-52-48-32-40(62(4,5)6)28-30-56(48)66(58)60(52)54/h7-38H,1-6H3. The van der Waals surface area contributed by atoms with E-state index in [-0.39, 0.29) is 10.8 Å². The predicted octanol–water partition coefficient (Wildman–Crippen LogP) is 17.5. The monoisotopic (exact) mass is 850 g/mol. The molecule has 9 aromatic carbocycles. The van der Waals surface area contributed by atoms with Gasteiger partial charge in [-0.15, -0.1) is 0 Å². The van der Waals surface area contributed by atoms with E-state index in [9.17, 15) is 0 Å². The number of hydrogen-bond donors (Lipinski definition) is 0. The summed E-state index contributed by atoms with van der Waals surface area (Å²) in [5.41, 5.74) is 16.9. The first-order valence-electron chi connectivity index (χ1n) is 23.3. The van der Waals surface area contributed by atoms with Crippen LogP contribution in [-0.4, -0.2) is 8.80 Å². The van der Waals surface area contributed by atoms with Crippen molar-refractivity contribution in [2.24, 2.45) is 0 Å². The van der Waals surface area contributed by atoms with Gasteiger partial charge in [0.15, 0.2) is 0 Å². The summed E-state index contributed by atoms with van der Waals surface area (Å²) < 4.78 is 5.12. The number of rotatable bonds is 6. The molecule has 0 radical (unpaired) electrons. The number of fused-ring (bicyclic) bond motifs is 12. The van der Waals surface area contributed by atoms with Crippen LogP contribution >= 0.6 is 0 Å². The van der Waals surface area contributed by atoms with Gasteiger partial charge < -0.3 is 18.6 Å². The van der Waals surface area contributed by atoms with Gasteiger partial charge in [-0.25, -0.2) is 0 Å². The molecule has 0 spiro atoms. The zero-order valence-electron chi connectivity index (χ0n) is 38.3. The van der Waals surface area contributed by atoms with Gasteiger partial charge in [-0.2, -0.15) is 0 Å². The molecule has 0 aliphatic heterocycles. The van der Waals surface area contributed by atoms with E-state index in [0.29, 0.717) is 0 Å². The molecule has 4 heterocycles. The molecule has 0 fully saturated rings. The van der Waals surface area contributed by atoms with Crippen LogP contribution in [0.25, 0.3) is 76.2 Å². The van der Waals surface area contributed by atoms with Gasteiger partial charge in [0.25, 0.3) is 0 Å². The molecule has 13 aromatic rings. The number of anilines is 6. The third-order valence-electron chi connectivity index (χ3n) is 14.2. The molecule has 318 valence electrons. The van der Waals surface area contributed by atoms with Gasteiger partial charge >= 0.3 is 0 Å². The van der Waals surface area contributed by atoms with E-state index in [1.165, 1.54) is 87.3 Å². The van der Waals surface area contributed by atoms with E-state index in [1.54, 1.807) is 0 Å². The minimum Gasteiger partial charge on any atom is -0.310 e. The highest BCUT2D eigenvalue weighted by Gasteiger charge is 2.27. The van der Waals surface area contributed by atoms with Gasteiger partial charge in [-0.1, -0.05) is 126 Å². The number of benzene rings is 9. The van der Waals surface area contributed by atoms with Crippen molar-refractivity contribution in [3.8, 4) is 0 Å². The Morgan fingerprint density at radius 2 is 0.561 bits per heavy atom. The van der Waals surface area contributed by atoms with Crippen LogP contribution in [0.1, 0.15) is 52.7 Å². The van der Waals surface area contributed by atoms with Crippen molar-refractivity contribution in [1.82, 2.24) is 8.80 Å². The topological polar surface area (TPSA) is 15.3 Å². The molecule has 0 aliphatic carbocycles. The molecule has 0 unspecified atom stereocenters. The summed E-state index contributed by atoms with van der Waals surface area (Å²) in [5.74, 6) is 0. The van der Waals surface area contributed by atoms with Crippen molar-refractivity contribution in [1.29, 1.82) is 0 Å². The van der Waals surface area contributed by atoms with Crippen LogP contribution in [0.4, 0.5) is 34.1 Å². The summed E-state index contributed by atoms with van der Waals surface area (Å²) in [5, 5.41) is 10.1. The zero-order valence-corrected chi connectivity index (χ0v) is 38.3. The van der Waals surface area contributed by atoms with Crippen LogP contribution in [0.2, 0.25) is 0 Å². The lowest BCUT2D eigenvalue weighted by Gasteiger charge is -2.25. The van der Waals surface area contributed by atoms with Crippen molar-refractivity contribution in [2.45, 2.75) is 52.4 Å². The molecular formula is C62H50N4. The van der Waals surface area contributed by atoms with Crippen LogP contribution in [0.5, 0.6) is 0 Å². The number of para-hydroxylation sites is 4. The highest BCUT2D eigenvalue weighted by molar-refractivity contribution is 6.30. The van der Waals surface area contributed by atoms with Gasteiger partial charge in [0.1, 0.15) is 0 Å². The van der Waals surface area contributed by atoms with Crippen molar-refractivity contribution < 1.29 is 0 Å². The van der Waals surface area contributed by atoms with Crippen LogP contribution in [0.15, 0.2) is 194 Å². The minimum absolute atomic E-state index is 0.000320. The predicted molar refractivity (Wildman–Crippen MR) is 283 cm³/mol. The van der Waals surface area contributed by atoms with E-state index < -0.39 is 0 Å². The summed E-state index contributed by atoms with van der Waals surface area (Å²) in [6.45, 7) is 13.9. The summed E-state index contributed by atoms with van der Waals surface area (Å²) in [6.07, 6.45) is 0. The second-order valence-electron chi connectivity index (χ2n) is 20.3. The molecule has 4 nitrogen and oxygen atoms in total. The molecule has 0 amide bonds. The Morgan fingerprint density at radius 1 is 0.273 bits per heavy atom. The Bertz CT molecular complexity index is 3640. The summed E-state index contributed by atoms with van der Waals surface area (Å²) in [6, 6.07) is 72.3. The van der Waals surface area contributed by atoms with Gasteiger partial charge in [0.2, 0.25) is 0 Å². The minimum atomic E-state index is -0.000320. The van der Waals surface area contributed by atoms with Crippen molar-refractivity contribution in [3.05, 3.63) is 205 Å². The second-order valence-corrected chi connectivity index (χ2v) is 20.3. The van der Waals surface area contributed by atoms with E-state index in [4.69, 9.17) is 0 Å². The Kier molecular flexibility index (Phi) is 8.10. The molecule has 0 saturated heterocycles. The van der Waals surface area contributed by atoms with Gasteiger partial charge in [0.05, 0.1) is 33.1 Å². The lowest BCUT2D eigenvalue weighted by Crippen LogP contribution is -2.10. The number of hydrogen-bond acceptors (Lipinski definition) is 2. The van der Waals surface area contributed by atoms with Gasteiger partial charge in [-0.05, 0) is 131 Å².